The highest BCUT2D eigenvalue weighted by atomic mass is 32.2. The molecule has 2 N–H and O–H groups in total. The molecule has 156 valence electrons. The number of benzene rings is 2. The summed E-state index contributed by atoms with van der Waals surface area (Å²) < 4.78 is 33.1. The average Bonchev–Trinajstić information content (AvgIpc) is 2.97. The van der Waals surface area contributed by atoms with Crippen molar-refractivity contribution < 1.29 is 23.2 Å². The lowest BCUT2D eigenvalue weighted by Crippen LogP contribution is -2.52. The van der Waals surface area contributed by atoms with Crippen molar-refractivity contribution in [3.05, 3.63) is 60.2 Å². The fourth-order valence-electron chi connectivity index (χ4n) is 3.90. The molecule has 1 amide bonds. The molecule has 0 bridgehead atoms. The second-order valence-electron chi connectivity index (χ2n) is 7.16. The largest absolute Gasteiger partial charge is 0.497 e. The smallest absolute Gasteiger partial charge is 0.262 e. The highest BCUT2D eigenvalue weighted by Gasteiger charge is 2.41. The van der Waals surface area contributed by atoms with Crippen LogP contribution in [0.4, 0.5) is 0 Å². The summed E-state index contributed by atoms with van der Waals surface area (Å²) in [5, 5.41) is 9.35. The normalized spacial score (nSPS) is 20.6. The van der Waals surface area contributed by atoms with Crippen molar-refractivity contribution in [2.75, 3.05) is 13.7 Å². The van der Waals surface area contributed by atoms with Gasteiger partial charge in [-0.15, -0.1) is 0 Å². The fraction of sp³-hybridized carbons (Fsp3) is 0.381. The second kappa shape index (κ2) is 9.39. The molecule has 0 radical (unpaired) electrons. The molecule has 2 aromatic carbocycles. The number of rotatable bonds is 6. The highest BCUT2D eigenvalue weighted by molar-refractivity contribution is 7.89. The molecule has 1 aliphatic rings. The predicted octanol–water partition coefficient (Wildman–Crippen LogP) is 2.60. The Kier molecular flexibility index (Phi) is 6.89. The van der Waals surface area contributed by atoms with E-state index in [9.17, 15) is 18.4 Å². The van der Waals surface area contributed by atoms with Crippen molar-refractivity contribution in [3.8, 4) is 5.75 Å². The molecule has 2 unspecified atom stereocenters. The van der Waals surface area contributed by atoms with Gasteiger partial charge in [-0.25, -0.2) is 13.9 Å². The Hall–Kier alpha value is -2.42. The number of carbonyl (C=O) groups excluding carboxylic acids is 1. The SMILES string of the molecule is COc1ccc(S(=O)(=O)N2CCCCC(Cc3ccccc3)C2C(=O)NO)cc1. The van der Waals surface area contributed by atoms with Crippen LogP contribution in [0.3, 0.4) is 0 Å². The molecule has 1 heterocycles. The molecule has 1 aliphatic heterocycles. The Balaban J connectivity index is 1.98. The number of hydrogen-bond acceptors (Lipinski definition) is 5. The number of ether oxygens (including phenoxy) is 1. The van der Waals surface area contributed by atoms with Gasteiger partial charge in [0.2, 0.25) is 10.0 Å². The number of sulfonamides is 1. The molecule has 7 nitrogen and oxygen atoms in total. The van der Waals surface area contributed by atoms with Crippen LogP contribution in [0.5, 0.6) is 5.75 Å². The van der Waals surface area contributed by atoms with E-state index in [1.807, 2.05) is 30.3 Å². The third-order valence-corrected chi connectivity index (χ3v) is 7.24. The number of hydroxylamine groups is 1. The Morgan fingerprint density at radius 2 is 1.83 bits per heavy atom. The van der Waals surface area contributed by atoms with Crippen LogP contribution in [0.2, 0.25) is 0 Å². The summed E-state index contributed by atoms with van der Waals surface area (Å²) in [6, 6.07) is 14.8. The van der Waals surface area contributed by atoms with Crippen LogP contribution >= 0.6 is 0 Å². The van der Waals surface area contributed by atoms with Gasteiger partial charge < -0.3 is 4.74 Å². The van der Waals surface area contributed by atoms with E-state index in [-0.39, 0.29) is 17.4 Å². The van der Waals surface area contributed by atoms with Crippen molar-refractivity contribution in [1.29, 1.82) is 0 Å². The second-order valence-corrected chi connectivity index (χ2v) is 9.05. The van der Waals surface area contributed by atoms with E-state index in [1.165, 1.54) is 23.5 Å². The van der Waals surface area contributed by atoms with Crippen LogP contribution in [0, 0.1) is 5.92 Å². The van der Waals surface area contributed by atoms with Gasteiger partial charge in [-0.2, -0.15) is 4.31 Å². The first-order valence-corrected chi connectivity index (χ1v) is 11.0. The lowest BCUT2D eigenvalue weighted by Gasteiger charge is -2.32. The Morgan fingerprint density at radius 3 is 2.45 bits per heavy atom. The van der Waals surface area contributed by atoms with Gasteiger partial charge in [0.1, 0.15) is 11.8 Å². The molecular weight excluding hydrogens is 392 g/mol. The summed E-state index contributed by atoms with van der Waals surface area (Å²) >= 11 is 0. The summed E-state index contributed by atoms with van der Waals surface area (Å²) in [4.78, 5) is 12.7. The molecule has 1 saturated heterocycles. The molecule has 2 atom stereocenters. The average molecular weight is 419 g/mol. The minimum atomic E-state index is -3.93. The minimum Gasteiger partial charge on any atom is -0.497 e. The molecule has 2 aromatic rings. The number of carbonyl (C=O) groups is 1. The first-order valence-electron chi connectivity index (χ1n) is 9.61. The summed E-state index contributed by atoms with van der Waals surface area (Å²) in [6.45, 7) is 0.220. The van der Waals surface area contributed by atoms with Gasteiger partial charge in [-0.05, 0) is 55.0 Å². The topological polar surface area (TPSA) is 95.9 Å². The maximum atomic E-state index is 13.4. The number of nitrogens with zero attached hydrogens (tertiary/aromatic N) is 1. The molecule has 3 rings (SSSR count). The van der Waals surface area contributed by atoms with E-state index >= 15 is 0 Å². The molecule has 0 saturated carbocycles. The number of nitrogens with one attached hydrogen (secondary N) is 1. The van der Waals surface area contributed by atoms with E-state index in [2.05, 4.69) is 0 Å². The fourth-order valence-corrected chi connectivity index (χ4v) is 5.59. The van der Waals surface area contributed by atoms with Crippen molar-refractivity contribution in [3.63, 3.8) is 0 Å². The monoisotopic (exact) mass is 418 g/mol. The molecule has 0 spiro atoms. The Labute approximate surface area is 171 Å². The number of hydrogen-bond donors (Lipinski definition) is 2. The van der Waals surface area contributed by atoms with Gasteiger partial charge in [0.05, 0.1) is 12.0 Å². The van der Waals surface area contributed by atoms with Gasteiger partial charge >= 0.3 is 0 Å². The first-order chi connectivity index (χ1) is 14.0. The highest BCUT2D eigenvalue weighted by Crippen LogP contribution is 2.31. The van der Waals surface area contributed by atoms with Gasteiger partial charge in [0.25, 0.3) is 5.91 Å². The molecule has 29 heavy (non-hydrogen) atoms. The van der Waals surface area contributed by atoms with Crippen LogP contribution in [-0.4, -0.2) is 43.5 Å². The van der Waals surface area contributed by atoms with E-state index in [1.54, 1.807) is 17.6 Å². The van der Waals surface area contributed by atoms with E-state index < -0.39 is 22.0 Å². The lowest BCUT2D eigenvalue weighted by atomic mass is 9.88. The Bertz CT molecular complexity index is 916. The van der Waals surface area contributed by atoms with Gasteiger partial charge in [0.15, 0.2) is 0 Å². The van der Waals surface area contributed by atoms with Crippen molar-refractivity contribution >= 4 is 15.9 Å². The first kappa shape index (κ1) is 21.3. The molecular formula is C21H26N2O5S. The number of methoxy groups -OCH3 is 1. The lowest BCUT2D eigenvalue weighted by molar-refractivity contribution is -0.134. The maximum Gasteiger partial charge on any atom is 0.262 e. The molecule has 0 aromatic heterocycles. The van der Waals surface area contributed by atoms with Crippen molar-refractivity contribution in [1.82, 2.24) is 9.79 Å². The van der Waals surface area contributed by atoms with E-state index in [4.69, 9.17) is 4.74 Å². The van der Waals surface area contributed by atoms with Gasteiger partial charge in [0, 0.05) is 6.54 Å². The van der Waals surface area contributed by atoms with Crippen LogP contribution < -0.4 is 10.2 Å². The van der Waals surface area contributed by atoms with Crippen molar-refractivity contribution in [2.24, 2.45) is 5.92 Å². The number of amides is 1. The maximum absolute atomic E-state index is 13.4. The van der Waals surface area contributed by atoms with E-state index in [0.717, 1.165) is 12.0 Å². The van der Waals surface area contributed by atoms with Crippen molar-refractivity contribution in [2.45, 2.75) is 36.6 Å². The van der Waals surface area contributed by atoms with Crippen LogP contribution in [0.1, 0.15) is 24.8 Å². The third kappa shape index (κ3) is 4.77. The van der Waals surface area contributed by atoms with Gasteiger partial charge in [-0.1, -0.05) is 36.8 Å². The van der Waals surface area contributed by atoms with Crippen LogP contribution in [0.25, 0.3) is 0 Å². The summed E-state index contributed by atoms with van der Waals surface area (Å²) in [5.41, 5.74) is 2.71. The molecule has 8 heteroatoms. The summed E-state index contributed by atoms with van der Waals surface area (Å²) in [6.07, 6.45) is 2.70. The zero-order chi connectivity index (χ0) is 20.9. The summed E-state index contributed by atoms with van der Waals surface area (Å²) in [7, 11) is -2.43. The third-order valence-electron chi connectivity index (χ3n) is 5.35. The summed E-state index contributed by atoms with van der Waals surface area (Å²) in [5.74, 6) is -0.406. The zero-order valence-corrected chi connectivity index (χ0v) is 17.1. The standard InChI is InChI=1S/C21H26N2O5S/c1-28-18-10-12-19(13-11-18)29(26,27)23-14-6-5-9-17(20(23)21(24)22-25)15-16-7-3-2-4-8-16/h2-4,7-8,10-13,17,20,25H,5-6,9,14-15H2,1H3,(H,22,24). The van der Waals surface area contributed by atoms with Crippen LogP contribution in [0.15, 0.2) is 59.5 Å². The zero-order valence-electron chi connectivity index (χ0n) is 16.3. The molecule has 1 fully saturated rings. The van der Waals surface area contributed by atoms with E-state index in [0.29, 0.717) is 25.0 Å². The molecule has 0 aliphatic carbocycles. The van der Waals surface area contributed by atoms with Gasteiger partial charge in [-0.3, -0.25) is 10.0 Å². The minimum absolute atomic E-state index is 0.0920. The Morgan fingerprint density at radius 1 is 1.14 bits per heavy atom. The predicted molar refractivity (Wildman–Crippen MR) is 108 cm³/mol. The quantitative estimate of drug-likeness (QED) is 0.555. The van der Waals surface area contributed by atoms with Crippen LogP contribution in [-0.2, 0) is 21.2 Å².